The number of ether oxygens (including phenoxy) is 2. The summed E-state index contributed by atoms with van der Waals surface area (Å²) in [5.41, 5.74) is 5.88. The van der Waals surface area contributed by atoms with Gasteiger partial charge in [-0.3, -0.25) is 24.1 Å². The van der Waals surface area contributed by atoms with Crippen LogP contribution in [-0.2, 0) is 46.3 Å². The van der Waals surface area contributed by atoms with Crippen LogP contribution in [0, 0.1) is 11.8 Å². The van der Waals surface area contributed by atoms with E-state index in [1.54, 1.807) is 24.3 Å². The highest BCUT2D eigenvalue weighted by Gasteiger charge is 2.42. The lowest BCUT2D eigenvalue weighted by molar-refractivity contribution is -0.173. The number of nitrogens with zero attached hydrogens (tertiary/aromatic N) is 1. The summed E-state index contributed by atoms with van der Waals surface area (Å²) in [4.78, 5) is 70.2. The second kappa shape index (κ2) is 21.5. The van der Waals surface area contributed by atoms with Gasteiger partial charge >= 0.3 is 5.97 Å². The molecule has 0 radical (unpaired) electrons. The summed E-state index contributed by atoms with van der Waals surface area (Å²) in [6, 6.07) is 14.3. The lowest BCUT2D eigenvalue weighted by Gasteiger charge is -2.31. The molecular weight excluding hydrogens is 678 g/mol. The molecule has 13 heteroatoms. The number of carbonyl (C=O) groups is 5. The average molecular weight is 738 g/mol. The van der Waals surface area contributed by atoms with Crippen LogP contribution >= 0.6 is 0 Å². The van der Waals surface area contributed by atoms with E-state index in [9.17, 15) is 29.1 Å². The van der Waals surface area contributed by atoms with Crippen molar-refractivity contribution in [1.82, 2.24) is 20.9 Å². The molecule has 6 N–H and O–H groups in total. The zero-order chi connectivity index (χ0) is 39.0. The monoisotopic (exact) mass is 737 g/mol. The van der Waals surface area contributed by atoms with E-state index in [1.165, 1.54) is 6.92 Å². The number of amides is 3. The number of Topliss-reactive ketones (excluding diaryl/α,β-unsaturated/α-hetero) is 1. The topological polar surface area (TPSA) is 189 Å². The van der Waals surface area contributed by atoms with Crippen molar-refractivity contribution in [3.05, 3.63) is 71.8 Å². The van der Waals surface area contributed by atoms with Crippen LogP contribution in [0.5, 0.6) is 0 Å². The molecule has 13 nitrogen and oxygen atoms in total. The van der Waals surface area contributed by atoms with Gasteiger partial charge in [-0.05, 0) is 55.6 Å². The predicted octanol–water partition coefficient (Wildman–Crippen LogP) is 1.93. The molecule has 5 atom stereocenters. The van der Waals surface area contributed by atoms with E-state index < -0.39 is 59.9 Å². The van der Waals surface area contributed by atoms with Crippen molar-refractivity contribution in [3.8, 4) is 0 Å². The van der Waals surface area contributed by atoms with E-state index in [4.69, 9.17) is 15.2 Å². The lowest BCUT2D eigenvalue weighted by Crippen LogP contribution is -2.58. The van der Waals surface area contributed by atoms with Gasteiger partial charge in [-0.25, -0.2) is 4.79 Å². The zero-order valence-electron chi connectivity index (χ0n) is 31.8. The number of esters is 1. The molecule has 0 aromatic heterocycles. The molecule has 1 unspecified atom stereocenters. The van der Waals surface area contributed by atoms with Crippen molar-refractivity contribution >= 4 is 29.5 Å². The first kappa shape index (κ1) is 43.2. The van der Waals surface area contributed by atoms with Crippen molar-refractivity contribution in [2.45, 2.75) is 96.5 Å². The number of morpholine rings is 1. The smallest absolute Gasteiger partial charge is 0.330 e. The molecule has 2 aromatic rings. The predicted molar refractivity (Wildman–Crippen MR) is 201 cm³/mol. The van der Waals surface area contributed by atoms with Gasteiger partial charge in [0.15, 0.2) is 11.4 Å². The van der Waals surface area contributed by atoms with Crippen molar-refractivity contribution in [1.29, 1.82) is 0 Å². The van der Waals surface area contributed by atoms with Gasteiger partial charge in [0.1, 0.15) is 18.1 Å². The number of aryl methyl sites for hydroxylation is 1. The molecule has 1 fully saturated rings. The molecule has 1 aliphatic heterocycles. The van der Waals surface area contributed by atoms with Crippen molar-refractivity contribution in [3.63, 3.8) is 0 Å². The molecule has 1 saturated heterocycles. The Morgan fingerprint density at radius 2 is 1.36 bits per heavy atom. The number of carbonyl (C=O) groups excluding carboxylic acids is 5. The number of rotatable bonds is 21. The summed E-state index contributed by atoms with van der Waals surface area (Å²) >= 11 is 0. The summed E-state index contributed by atoms with van der Waals surface area (Å²) in [5, 5.41) is 18.7. The summed E-state index contributed by atoms with van der Waals surface area (Å²) < 4.78 is 11.1. The quantitative estimate of drug-likeness (QED) is 0.119. The Hall–Kier alpha value is -4.17. The largest absolute Gasteiger partial charge is 0.447 e. The van der Waals surface area contributed by atoms with Gasteiger partial charge in [-0.2, -0.15) is 0 Å². The number of aliphatic hydroxyl groups excluding tert-OH is 1. The number of nitrogens with two attached hydrogens (primary N) is 1. The molecule has 0 bridgehead atoms. The molecule has 292 valence electrons. The fourth-order valence-electron chi connectivity index (χ4n) is 6.18. The summed E-state index contributed by atoms with van der Waals surface area (Å²) in [7, 11) is 0. The first-order chi connectivity index (χ1) is 25.2. The molecule has 3 amide bonds. The molecule has 2 aromatic carbocycles. The second-order valence-electron chi connectivity index (χ2n) is 14.9. The Morgan fingerprint density at radius 3 is 1.92 bits per heavy atom. The molecule has 0 saturated carbocycles. The average Bonchev–Trinajstić information content (AvgIpc) is 3.13. The summed E-state index contributed by atoms with van der Waals surface area (Å²) in [6.45, 7) is 10.5. The van der Waals surface area contributed by atoms with Crippen molar-refractivity contribution in [2.24, 2.45) is 17.6 Å². The van der Waals surface area contributed by atoms with Crippen LogP contribution in [0.1, 0.15) is 65.0 Å². The Balaban J connectivity index is 1.83. The maximum atomic E-state index is 14.0. The van der Waals surface area contributed by atoms with Gasteiger partial charge in [0.25, 0.3) is 0 Å². The standard InChI is InChI=1S/C40H59N5O8/c1-27(2)22-31(41)36(48)40(5,26-46)53-39(51)34(24-30-14-10-7-11-15-30)44-38(50)33(23-28(3)4)43-37(49)32(17-16-29-12-8-6-9-13-29)42-35(47)25-45-18-20-52-21-19-45/h6-15,27-28,31-34,46H,16-26,41H2,1-5H3,(H,42,47)(H,43,49)(H,44,50)/t31-,32-,33-,34-,40?/m0/s1. The van der Waals surface area contributed by atoms with Gasteiger partial charge in [0.2, 0.25) is 17.7 Å². The number of benzene rings is 2. The van der Waals surface area contributed by atoms with E-state index in [1.807, 2.05) is 69.0 Å². The maximum Gasteiger partial charge on any atom is 0.330 e. The first-order valence-electron chi connectivity index (χ1n) is 18.6. The van der Waals surface area contributed by atoms with E-state index in [0.717, 1.165) is 5.56 Å². The van der Waals surface area contributed by atoms with Crippen LogP contribution < -0.4 is 21.7 Å². The fraction of sp³-hybridized carbons (Fsp3) is 0.575. The lowest BCUT2D eigenvalue weighted by atomic mass is 9.90. The highest BCUT2D eigenvalue weighted by molar-refractivity contribution is 5.96. The van der Waals surface area contributed by atoms with Crippen LogP contribution in [0.3, 0.4) is 0 Å². The van der Waals surface area contributed by atoms with Gasteiger partial charge in [0.05, 0.1) is 32.4 Å². The third kappa shape index (κ3) is 14.6. The summed E-state index contributed by atoms with van der Waals surface area (Å²) in [6.07, 6.45) is 1.36. The van der Waals surface area contributed by atoms with Gasteiger partial charge in [-0.1, -0.05) is 88.4 Å². The molecule has 1 aliphatic rings. The normalized spacial score (nSPS) is 16.8. The maximum absolute atomic E-state index is 14.0. The third-order valence-corrected chi connectivity index (χ3v) is 9.12. The highest BCUT2D eigenvalue weighted by Crippen LogP contribution is 2.19. The minimum Gasteiger partial charge on any atom is -0.447 e. The number of nitrogens with one attached hydrogen (secondary N) is 3. The Bertz CT molecular complexity index is 1470. The second-order valence-corrected chi connectivity index (χ2v) is 14.9. The minimum atomic E-state index is -1.94. The fourth-order valence-corrected chi connectivity index (χ4v) is 6.18. The van der Waals surface area contributed by atoms with E-state index in [-0.39, 0.29) is 43.6 Å². The Kier molecular flexibility index (Phi) is 17.5. The molecule has 1 heterocycles. The highest BCUT2D eigenvalue weighted by atomic mass is 16.6. The number of ketones is 1. The van der Waals surface area contributed by atoms with Crippen molar-refractivity contribution < 1.29 is 38.6 Å². The van der Waals surface area contributed by atoms with Crippen LogP contribution in [0.4, 0.5) is 0 Å². The van der Waals surface area contributed by atoms with Crippen LogP contribution in [0.25, 0.3) is 0 Å². The van der Waals surface area contributed by atoms with Gasteiger partial charge in [0, 0.05) is 19.5 Å². The summed E-state index contributed by atoms with van der Waals surface area (Å²) in [5.74, 6) is -3.01. The first-order valence-corrected chi connectivity index (χ1v) is 18.6. The number of hydrogen-bond donors (Lipinski definition) is 5. The molecule has 0 aliphatic carbocycles. The molecule has 53 heavy (non-hydrogen) atoms. The number of hydrogen-bond acceptors (Lipinski definition) is 10. The zero-order valence-corrected chi connectivity index (χ0v) is 31.8. The van der Waals surface area contributed by atoms with E-state index >= 15 is 0 Å². The third-order valence-electron chi connectivity index (χ3n) is 9.12. The van der Waals surface area contributed by atoms with E-state index in [2.05, 4.69) is 16.0 Å². The van der Waals surface area contributed by atoms with Gasteiger partial charge < -0.3 is 36.3 Å². The molecule has 0 spiro atoms. The molecule has 3 rings (SSSR count). The Morgan fingerprint density at radius 1 is 0.811 bits per heavy atom. The number of aliphatic hydroxyl groups is 1. The minimum absolute atomic E-state index is 0.0127. The van der Waals surface area contributed by atoms with Gasteiger partial charge in [-0.15, -0.1) is 0 Å². The van der Waals surface area contributed by atoms with Crippen LogP contribution in [0.2, 0.25) is 0 Å². The van der Waals surface area contributed by atoms with Crippen LogP contribution in [0.15, 0.2) is 60.7 Å². The molecular formula is C40H59N5O8. The van der Waals surface area contributed by atoms with Crippen molar-refractivity contribution in [2.75, 3.05) is 39.5 Å². The van der Waals surface area contributed by atoms with E-state index in [0.29, 0.717) is 44.7 Å². The Labute approximate surface area is 313 Å². The SMILES string of the molecule is CC(C)C[C@H](NC(=O)[C@H](CCc1ccccc1)NC(=O)CN1CCOCC1)C(=O)N[C@@H](Cc1ccccc1)C(=O)OC(C)(CO)C(=O)[C@@H](N)CC(C)C. The van der Waals surface area contributed by atoms with Crippen LogP contribution in [-0.4, -0.2) is 109 Å².